The maximum absolute atomic E-state index is 13.2. The van der Waals surface area contributed by atoms with Crippen molar-refractivity contribution in [3.63, 3.8) is 0 Å². The number of anilines is 1. The first-order chi connectivity index (χ1) is 12.2. The molecule has 1 N–H and O–H groups in total. The minimum atomic E-state index is -3.97. The summed E-state index contributed by atoms with van der Waals surface area (Å²) in [6.07, 6.45) is 0.729. The fourth-order valence-corrected chi connectivity index (χ4v) is 3.73. The van der Waals surface area contributed by atoms with E-state index in [9.17, 15) is 17.6 Å². The molecule has 0 saturated heterocycles. The SMILES string of the molecule is CC[C@H](C)NC(=O)CN(c1ccc(F)cc1)S(=O)(=O)c1ccc(C)cc1. The highest BCUT2D eigenvalue weighted by Crippen LogP contribution is 2.24. The number of nitrogens with one attached hydrogen (secondary N) is 1. The molecule has 140 valence electrons. The second-order valence-corrected chi connectivity index (χ2v) is 8.04. The van der Waals surface area contributed by atoms with E-state index in [1.165, 1.54) is 36.4 Å². The first kappa shape index (κ1) is 19.9. The standard InChI is InChI=1S/C19H23FN2O3S/c1-4-15(3)21-19(23)13-22(17-9-7-16(20)8-10-17)26(24,25)18-11-5-14(2)6-12-18/h5-12,15H,4,13H2,1-3H3,(H,21,23)/t15-/m0/s1. The zero-order valence-corrected chi connectivity index (χ0v) is 15.9. The summed E-state index contributed by atoms with van der Waals surface area (Å²) in [5.74, 6) is -0.898. The van der Waals surface area contributed by atoms with Crippen molar-refractivity contribution in [2.45, 2.75) is 38.1 Å². The van der Waals surface area contributed by atoms with Crippen molar-refractivity contribution in [2.75, 3.05) is 10.8 Å². The Balaban J connectivity index is 2.40. The van der Waals surface area contributed by atoms with Gasteiger partial charge in [0.1, 0.15) is 12.4 Å². The number of hydrogen-bond donors (Lipinski definition) is 1. The van der Waals surface area contributed by atoms with E-state index in [0.717, 1.165) is 16.3 Å². The molecule has 0 saturated carbocycles. The van der Waals surface area contributed by atoms with Crippen LogP contribution in [0.15, 0.2) is 53.4 Å². The van der Waals surface area contributed by atoms with Crippen LogP contribution in [0.4, 0.5) is 10.1 Å². The number of nitrogens with zero attached hydrogens (tertiary/aromatic N) is 1. The molecule has 0 spiro atoms. The Kier molecular flexibility index (Phi) is 6.37. The van der Waals surface area contributed by atoms with Crippen molar-refractivity contribution in [3.05, 3.63) is 59.9 Å². The van der Waals surface area contributed by atoms with Crippen LogP contribution in [0.2, 0.25) is 0 Å². The molecule has 2 aromatic rings. The summed E-state index contributed by atoms with van der Waals surface area (Å²) >= 11 is 0. The van der Waals surface area contributed by atoms with Crippen LogP contribution in [0.5, 0.6) is 0 Å². The highest BCUT2D eigenvalue weighted by molar-refractivity contribution is 7.92. The molecule has 0 bridgehead atoms. The largest absolute Gasteiger partial charge is 0.352 e. The monoisotopic (exact) mass is 378 g/mol. The van der Waals surface area contributed by atoms with Gasteiger partial charge >= 0.3 is 0 Å². The van der Waals surface area contributed by atoms with Crippen molar-refractivity contribution >= 4 is 21.6 Å². The van der Waals surface area contributed by atoms with E-state index in [4.69, 9.17) is 0 Å². The minimum Gasteiger partial charge on any atom is -0.352 e. The van der Waals surface area contributed by atoms with E-state index in [2.05, 4.69) is 5.32 Å². The Morgan fingerprint density at radius 1 is 1.12 bits per heavy atom. The molecule has 2 aromatic carbocycles. The number of carbonyl (C=O) groups is 1. The molecule has 0 heterocycles. The summed E-state index contributed by atoms with van der Waals surface area (Å²) in [6.45, 7) is 5.24. The summed E-state index contributed by atoms with van der Waals surface area (Å²) < 4.78 is 40.4. The molecule has 0 aliphatic rings. The van der Waals surface area contributed by atoms with Gasteiger partial charge in [-0.3, -0.25) is 9.10 Å². The maximum Gasteiger partial charge on any atom is 0.264 e. The first-order valence-electron chi connectivity index (χ1n) is 8.38. The molecule has 0 fully saturated rings. The number of rotatable bonds is 7. The van der Waals surface area contributed by atoms with Gasteiger partial charge in [-0.2, -0.15) is 0 Å². The molecular formula is C19H23FN2O3S. The normalized spacial score (nSPS) is 12.5. The molecular weight excluding hydrogens is 355 g/mol. The molecule has 0 unspecified atom stereocenters. The molecule has 0 aliphatic heterocycles. The molecule has 1 amide bonds. The lowest BCUT2D eigenvalue weighted by Crippen LogP contribution is -2.43. The van der Waals surface area contributed by atoms with Gasteiger partial charge < -0.3 is 5.32 Å². The van der Waals surface area contributed by atoms with Gasteiger partial charge in [0.15, 0.2) is 0 Å². The van der Waals surface area contributed by atoms with E-state index in [1.807, 2.05) is 20.8 Å². The lowest BCUT2D eigenvalue weighted by molar-refractivity contribution is -0.120. The van der Waals surface area contributed by atoms with Crippen molar-refractivity contribution in [2.24, 2.45) is 0 Å². The van der Waals surface area contributed by atoms with Crippen LogP contribution < -0.4 is 9.62 Å². The number of aryl methyl sites for hydroxylation is 1. The van der Waals surface area contributed by atoms with Gasteiger partial charge in [0.05, 0.1) is 10.6 Å². The van der Waals surface area contributed by atoms with Crippen LogP contribution in [-0.4, -0.2) is 26.9 Å². The lowest BCUT2D eigenvalue weighted by atomic mass is 10.2. The van der Waals surface area contributed by atoms with Gasteiger partial charge in [-0.05, 0) is 56.7 Å². The van der Waals surface area contributed by atoms with E-state index in [1.54, 1.807) is 12.1 Å². The van der Waals surface area contributed by atoms with Crippen LogP contribution in [-0.2, 0) is 14.8 Å². The van der Waals surface area contributed by atoms with Crippen molar-refractivity contribution in [3.8, 4) is 0 Å². The van der Waals surface area contributed by atoms with Crippen LogP contribution in [0.25, 0.3) is 0 Å². The molecule has 7 heteroatoms. The third-order valence-corrected chi connectivity index (χ3v) is 5.82. The predicted molar refractivity (Wildman–Crippen MR) is 100 cm³/mol. The number of hydrogen-bond acceptors (Lipinski definition) is 3. The van der Waals surface area contributed by atoms with Gasteiger partial charge in [0, 0.05) is 6.04 Å². The molecule has 5 nitrogen and oxygen atoms in total. The molecule has 0 aliphatic carbocycles. The molecule has 26 heavy (non-hydrogen) atoms. The lowest BCUT2D eigenvalue weighted by Gasteiger charge is -2.25. The highest BCUT2D eigenvalue weighted by Gasteiger charge is 2.27. The Bertz CT molecular complexity index is 849. The predicted octanol–water partition coefficient (Wildman–Crippen LogP) is 3.24. The summed E-state index contributed by atoms with van der Waals surface area (Å²) in [4.78, 5) is 12.4. The maximum atomic E-state index is 13.2. The fourth-order valence-electron chi connectivity index (χ4n) is 2.31. The highest BCUT2D eigenvalue weighted by atomic mass is 32.2. The summed E-state index contributed by atoms with van der Waals surface area (Å²) in [7, 11) is -3.97. The minimum absolute atomic E-state index is 0.0698. The molecule has 1 atom stereocenters. The summed E-state index contributed by atoms with van der Waals surface area (Å²) in [5.41, 5.74) is 1.15. The zero-order chi connectivity index (χ0) is 19.3. The third kappa shape index (κ3) is 4.82. The number of amides is 1. The van der Waals surface area contributed by atoms with Crippen LogP contribution in [0.3, 0.4) is 0 Å². The van der Waals surface area contributed by atoms with Crippen LogP contribution >= 0.6 is 0 Å². The van der Waals surface area contributed by atoms with E-state index in [0.29, 0.717) is 0 Å². The third-order valence-electron chi connectivity index (χ3n) is 4.03. The van der Waals surface area contributed by atoms with Gasteiger partial charge in [-0.25, -0.2) is 12.8 Å². The zero-order valence-electron chi connectivity index (χ0n) is 15.1. The molecule has 2 rings (SSSR count). The summed E-state index contributed by atoms with van der Waals surface area (Å²) in [6, 6.07) is 11.3. The second kappa shape index (κ2) is 8.31. The van der Waals surface area contributed by atoms with Crippen molar-refractivity contribution in [1.29, 1.82) is 0 Å². The topological polar surface area (TPSA) is 66.5 Å². The number of halogens is 1. The Morgan fingerprint density at radius 3 is 2.23 bits per heavy atom. The average Bonchev–Trinajstić information content (AvgIpc) is 2.60. The first-order valence-corrected chi connectivity index (χ1v) is 9.82. The molecule has 0 aromatic heterocycles. The van der Waals surface area contributed by atoms with Crippen molar-refractivity contribution in [1.82, 2.24) is 5.32 Å². The van der Waals surface area contributed by atoms with E-state index < -0.39 is 21.7 Å². The molecule has 0 radical (unpaired) electrons. The van der Waals surface area contributed by atoms with Crippen LogP contribution in [0.1, 0.15) is 25.8 Å². The van der Waals surface area contributed by atoms with Gasteiger partial charge in [-0.1, -0.05) is 24.6 Å². The van der Waals surface area contributed by atoms with E-state index in [-0.39, 0.29) is 23.2 Å². The Morgan fingerprint density at radius 2 is 1.69 bits per heavy atom. The van der Waals surface area contributed by atoms with Crippen molar-refractivity contribution < 1.29 is 17.6 Å². The van der Waals surface area contributed by atoms with Gasteiger partial charge in [-0.15, -0.1) is 0 Å². The number of carbonyl (C=O) groups excluding carboxylic acids is 1. The number of sulfonamides is 1. The van der Waals surface area contributed by atoms with Gasteiger partial charge in [0.2, 0.25) is 5.91 Å². The quantitative estimate of drug-likeness (QED) is 0.804. The number of benzene rings is 2. The Labute approximate surface area is 153 Å². The smallest absolute Gasteiger partial charge is 0.264 e. The van der Waals surface area contributed by atoms with E-state index >= 15 is 0 Å². The average molecular weight is 378 g/mol. The van der Waals surface area contributed by atoms with Gasteiger partial charge in [0.25, 0.3) is 10.0 Å². The Hall–Kier alpha value is -2.41. The van der Waals surface area contributed by atoms with Crippen LogP contribution in [0, 0.1) is 12.7 Å². The fraction of sp³-hybridized carbons (Fsp3) is 0.316. The summed E-state index contributed by atoms with van der Waals surface area (Å²) in [5, 5.41) is 2.75. The second-order valence-electron chi connectivity index (χ2n) is 6.18.